The number of H-pyrrole nitrogens is 1. The van der Waals surface area contributed by atoms with Crippen molar-refractivity contribution in [2.45, 2.75) is 0 Å². The van der Waals surface area contributed by atoms with E-state index in [1.807, 2.05) is 0 Å². The molecule has 86 valence electrons. The second-order valence-corrected chi connectivity index (χ2v) is 3.33. The summed E-state index contributed by atoms with van der Waals surface area (Å²) in [5, 5.41) is 11.5. The van der Waals surface area contributed by atoms with Gasteiger partial charge in [0.15, 0.2) is 0 Å². The Labute approximate surface area is 91.4 Å². The normalized spacial score (nSPS) is 15.9. The van der Waals surface area contributed by atoms with Crippen LogP contribution < -0.4 is 10.6 Å². The van der Waals surface area contributed by atoms with Crippen molar-refractivity contribution in [1.29, 1.82) is 0 Å². The predicted molar refractivity (Wildman–Crippen MR) is 54.5 cm³/mol. The minimum Gasteiger partial charge on any atom is -0.332 e. The zero-order valence-corrected chi connectivity index (χ0v) is 8.56. The topological polar surface area (TPSA) is 103 Å². The molecule has 8 heteroatoms. The van der Waals surface area contributed by atoms with Crippen LogP contribution in [0.4, 0.5) is 5.95 Å². The van der Waals surface area contributed by atoms with Crippen molar-refractivity contribution in [2.75, 3.05) is 31.5 Å². The first-order valence-corrected chi connectivity index (χ1v) is 4.94. The van der Waals surface area contributed by atoms with Crippen molar-refractivity contribution in [3.8, 4) is 0 Å². The molecule has 3 N–H and O–H groups in total. The maximum absolute atomic E-state index is 11.6. The largest absolute Gasteiger partial charge is 0.332 e. The number of carbonyl (C=O) groups excluding carboxylic acids is 2. The minimum absolute atomic E-state index is 0.175. The van der Waals surface area contributed by atoms with Gasteiger partial charge in [-0.2, -0.15) is 10.1 Å². The number of carbonyl (C=O) groups is 2. The van der Waals surface area contributed by atoms with E-state index in [4.69, 9.17) is 0 Å². The van der Waals surface area contributed by atoms with Crippen molar-refractivity contribution in [3.05, 3.63) is 6.33 Å². The number of hydrogen-bond donors (Lipinski definition) is 3. The monoisotopic (exact) mass is 224 g/mol. The summed E-state index contributed by atoms with van der Waals surface area (Å²) in [6.45, 7) is 2.51. The summed E-state index contributed by atoms with van der Waals surface area (Å²) >= 11 is 0. The van der Waals surface area contributed by atoms with Gasteiger partial charge < -0.3 is 10.2 Å². The molecule has 8 nitrogen and oxygen atoms in total. The summed E-state index contributed by atoms with van der Waals surface area (Å²) in [6, 6.07) is 0. The van der Waals surface area contributed by atoms with Crippen LogP contribution in [-0.2, 0) is 9.59 Å². The molecule has 0 radical (unpaired) electrons. The molecule has 0 unspecified atom stereocenters. The molecular formula is C8H12N6O2. The van der Waals surface area contributed by atoms with E-state index in [1.54, 1.807) is 0 Å². The number of nitrogens with zero attached hydrogens (tertiary/aromatic N) is 3. The maximum Gasteiger partial charge on any atom is 0.316 e. The number of aromatic amines is 1. The Kier molecular flexibility index (Phi) is 3.10. The molecule has 1 aliphatic heterocycles. The molecular weight excluding hydrogens is 212 g/mol. The molecule has 1 saturated heterocycles. The average Bonchev–Trinajstić information content (AvgIpc) is 2.82. The van der Waals surface area contributed by atoms with Gasteiger partial charge in [-0.05, 0) is 0 Å². The molecule has 2 amide bonds. The van der Waals surface area contributed by atoms with Gasteiger partial charge in [0.1, 0.15) is 6.33 Å². The van der Waals surface area contributed by atoms with Crippen LogP contribution in [0.15, 0.2) is 6.33 Å². The molecule has 16 heavy (non-hydrogen) atoms. The summed E-state index contributed by atoms with van der Waals surface area (Å²) in [5.41, 5.74) is 0. The van der Waals surface area contributed by atoms with Crippen molar-refractivity contribution in [1.82, 2.24) is 25.4 Å². The van der Waals surface area contributed by atoms with E-state index in [2.05, 4.69) is 25.8 Å². The van der Waals surface area contributed by atoms with Crippen LogP contribution in [0.25, 0.3) is 0 Å². The zero-order valence-electron chi connectivity index (χ0n) is 8.56. The highest BCUT2D eigenvalue weighted by molar-refractivity contribution is 6.39. The Balaban J connectivity index is 1.91. The minimum atomic E-state index is -0.696. The van der Waals surface area contributed by atoms with Crippen molar-refractivity contribution in [3.63, 3.8) is 0 Å². The van der Waals surface area contributed by atoms with E-state index in [0.717, 1.165) is 0 Å². The molecule has 2 heterocycles. The molecule has 0 bridgehead atoms. The highest BCUT2D eigenvalue weighted by Crippen LogP contribution is 1.97. The first-order chi connectivity index (χ1) is 7.77. The molecule has 1 aromatic rings. The Morgan fingerprint density at radius 3 is 2.75 bits per heavy atom. The zero-order chi connectivity index (χ0) is 11.4. The molecule has 0 aromatic carbocycles. The molecule has 2 rings (SSSR count). The number of anilines is 1. The van der Waals surface area contributed by atoms with E-state index < -0.39 is 11.8 Å². The second kappa shape index (κ2) is 4.71. The number of rotatable bonds is 1. The highest BCUT2D eigenvalue weighted by atomic mass is 16.2. The molecule has 1 aromatic heterocycles. The lowest BCUT2D eigenvalue weighted by atomic mass is 10.3. The first kappa shape index (κ1) is 10.6. The Morgan fingerprint density at radius 2 is 2.12 bits per heavy atom. The molecule has 1 fully saturated rings. The van der Waals surface area contributed by atoms with Gasteiger partial charge >= 0.3 is 11.8 Å². The summed E-state index contributed by atoms with van der Waals surface area (Å²) in [6.07, 6.45) is 1.25. The van der Waals surface area contributed by atoms with Gasteiger partial charge in [0.05, 0.1) is 0 Å². The number of amides is 2. The Bertz CT molecular complexity index is 370. The fourth-order valence-electron chi connectivity index (χ4n) is 1.44. The molecule has 1 aliphatic rings. The number of hydrogen-bond acceptors (Lipinski definition) is 5. The fourth-order valence-corrected chi connectivity index (χ4v) is 1.44. The van der Waals surface area contributed by atoms with Crippen LogP contribution in [0.5, 0.6) is 0 Å². The van der Waals surface area contributed by atoms with Crippen LogP contribution in [0.1, 0.15) is 0 Å². The molecule has 0 aliphatic carbocycles. The van der Waals surface area contributed by atoms with Crippen LogP contribution >= 0.6 is 0 Å². The predicted octanol–water partition coefficient (Wildman–Crippen LogP) is -1.82. The maximum atomic E-state index is 11.6. The lowest BCUT2D eigenvalue weighted by Crippen LogP contribution is -2.50. The smallest absolute Gasteiger partial charge is 0.316 e. The fraction of sp³-hybridized carbons (Fsp3) is 0.500. The number of aromatic nitrogens is 3. The summed E-state index contributed by atoms with van der Waals surface area (Å²) in [7, 11) is 0. The van der Waals surface area contributed by atoms with E-state index in [-0.39, 0.29) is 5.95 Å². The van der Waals surface area contributed by atoms with Crippen LogP contribution in [0, 0.1) is 0 Å². The molecule has 0 spiro atoms. The van der Waals surface area contributed by atoms with E-state index in [1.165, 1.54) is 11.2 Å². The van der Waals surface area contributed by atoms with Crippen LogP contribution in [0.3, 0.4) is 0 Å². The third-order valence-electron chi connectivity index (χ3n) is 2.25. The number of nitrogens with one attached hydrogen (secondary N) is 3. The third-order valence-corrected chi connectivity index (χ3v) is 2.25. The van der Waals surface area contributed by atoms with Crippen LogP contribution in [-0.4, -0.2) is 58.1 Å². The lowest BCUT2D eigenvalue weighted by Gasteiger charge is -2.26. The van der Waals surface area contributed by atoms with Gasteiger partial charge in [-0.3, -0.25) is 14.9 Å². The Hall–Kier alpha value is -1.96. The summed E-state index contributed by atoms with van der Waals surface area (Å²) in [5.74, 6) is -1.06. The average molecular weight is 224 g/mol. The van der Waals surface area contributed by atoms with Gasteiger partial charge in [-0.1, -0.05) is 0 Å². The van der Waals surface area contributed by atoms with Gasteiger partial charge in [-0.25, -0.2) is 5.10 Å². The summed E-state index contributed by atoms with van der Waals surface area (Å²) in [4.78, 5) is 28.4. The molecule has 0 saturated carbocycles. The quantitative estimate of drug-likeness (QED) is 0.487. The van der Waals surface area contributed by atoms with Gasteiger partial charge in [0.2, 0.25) is 5.95 Å². The Morgan fingerprint density at radius 1 is 1.38 bits per heavy atom. The van der Waals surface area contributed by atoms with E-state index in [0.29, 0.717) is 26.2 Å². The first-order valence-electron chi connectivity index (χ1n) is 4.94. The SMILES string of the molecule is O=C(Nc1ncn[nH]1)C(=O)N1CCNCC1. The lowest BCUT2D eigenvalue weighted by molar-refractivity contribution is -0.143. The van der Waals surface area contributed by atoms with E-state index >= 15 is 0 Å². The van der Waals surface area contributed by atoms with Gasteiger partial charge in [-0.15, -0.1) is 0 Å². The standard InChI is InChI=1S/C8H12N6O2/c15-6(12-8-10-5-11-13-8)7(16)14-3-1-9-2-4-14/h5,9H,1-4H2,(H2,10,11,12,13,15). The number of piperazine rings is 1. The van der Waals surface area contributed by atoms with Crippen molar-refractivity contribution < 1.29 is 9.59 Å². The van der Waals surface area contributed by atoms with Crippen molar-refractivity contribution in [2.24, 2.45) is 0 Å². The highest BCUT2D eigenvalue weighted by Gasteiger charge is 2.23. The third kappa shape index (κ3) is 2.34. The van der Waals surface area contributed by atoms with E-state index in [9.17, 15) is 9.59 Å². The van der Waals surface area contributed by atoms with Crippen molar-refractivity contribution >= 4 is 17.8 Å². The second-order valence-electron chi connectivity index (χ2n) is 3.33. The van der Waals surface area contributed by atoms with Gasteiger partial charge in [0, 0.05) is 26.2 Å². The van der Waals surface area contributed by atoms with Crippen LogP contribution in [0.2, 0.25) is 0 Å². The summed E-state index contributed by atoms with van der Waals surface area (Å²) < 4.78 is 0. The van der Waals surface area contributed by atoms with Gasteiger partial charge in [0.25, 0.3) is 0 Å². The molecule has 0 atom stereocenters.